The van der Waals surface area contributed by atoms with Crippen LogP contribution in [-0.2, 0) is 40.5 Å². The summed E-state index contributed by atoms with van der Waals surface area (Å²) in [6.07, 6.45) is 2.29. The molecule has 2 amide bonds. The van der Waals surface area contributed by atoms with Gasteiger partial charge in [-0.25, -0.2) is 22.7 Å². The highest BCUT2D eigenvalue weighted by Gasteiger charge is 2.38. The number of carbonyl (C=O) groups is 2. The average molecular weight is 478 g/mol. The van der Waals surface area contributed by atoms with Gasteiger partial charge < -0.3 is 16.2 Å². The molecular weight excluding hydrogens is 451 g/mol. The molecule has 32 heavy (non-hydrogen) atoms. The van der Waals surface area contributed by atoms with E-state index in [2.05, 4.69) is 11.4 Å². The summed E-state index contributed by atoms with van der Waals surface area (Å²) in [6.45, 7) is 3.35. The fourth-order valence-corrected chi connectivity index (χ4v) is 4.44. The highest BCUT2D eigenvalue weighted by atomic mass is 32.2. The summed E-state index contributed by atoms with van der Waals surface area (Å²) < 4.78 is 57.8. The van der Waals surface area contributed by atoms with Crippen LogP contribution >= 0.6 is 0 Å². The van der Waals surface area contributed by atoms with Crippen LogP contribution in [0.2, 0.25) is 0 Å². The number of aliphatic carboxylic acids is 1. The van der Waals surface area contributed by atoms with E-state index >= 15 is 0 Å². The molecule has 0 fully saturated rings. The Morgan fingerprint density at radius 3 is 1.94 bits per heavy atom. The molecule has 0 saturated carbocycles. The summed E-state index contributed by atoms with van der Waals surface area (Å²) in [6, 6.07) is 1.53. The number of aryl methyl sites for hydroxylation is 2. The van der Waals surface area contributed by atoms with Crippen LogP contribution in [0.5, 0.6) is 0 Å². The number of halogens is 3. The number of fused-ring (bicyclic) bond motifs is 2. The van der Waals surface area contributed by atoms with Gasteiger partial charge in [0.1, 0.15) is 0 Å². The van der Waals surface area contributed by atoms with Gasteiger partial charge in [-0.1, -0.05) is 12.1 Å². The van der Waals surface area contributed by atoms with Crippen molar-refractivity contribution in [2.45, 2.75) is 64.1 Å². The molecule has 0 atom stereocenters. The standard InChI is InChI=1S/C18H25N3O3S.C2HF3O2/c1-18(2,19)9-10-25(23,24)21-17(22)20-16-14-7-3-5-12(14)11-13-6-4-8-15(13)16;3-2(4,5)1(6)7/h9-11H,3-8,19H2,1-2H3,(H2,20,21,22);(H,6,7)/b10-9+;. The number of rotatable bonds is 4. The van der Waals surface area contributed by atoms with E-state index in [1.807, 2.05) is 4.72 Å². The Balaban J connectivity index is 0.000000451. The maximum Gasteiger partial charge on any atom is 0.490 e. The first-order chi connectivity index (χ1) is 14.6. The Bertz CT molecular complexity index is 996. The van der Waals surface area contributed by atoms with Crippen molar-refractivity contribution in [1.29, 1.82) is 0 Å². The van der Waals surface area contributed by atoms with Gasteiger partial charge in [0.25, 0.3) is 10.0 Å². The van der Waals surface area contributed by atoms with Crippen molar-refractivity contribution < 1.29 is 36.3 Å². The van der Waals surface area contributed by atoms with E-state index < -0.39 is 33.7 Å². The number of nitrogens with one attached hydrogen (secondary N) is 2. The van der Waals surface area contributed by atoms with Crippen LogP contribution in [-0.4, -0.2) is 37.2 Å². The molecule has 0 radical (unpaired) electrons. The van der Waals surface area contributed by atoms with Crippen molar-refractivity contribution >= 4 is 27.7 Å². The minimum absolute atomic E-state index is 0.728. The molecule has 0 unspecified atom stereocenters. The number of alkyl halides is 3. The van der Waals surface area contributed by atoms with Crippen molar-refractivity contribution in [3.63, 3.8) is 0 Å². The summed E-state index contributed by atoms with van der Waals surface area (Å²) in [7, 11) is -3.88. The van der Waals surface area contributed by atoms with Gasteiger partial charge in [0.05, 0.1) is 0 Å². The molecule has 2 aliphatic carbocycles. The van der Waals surface area contributed by atoms with Gasteiger partial charge in [0, 0.05) is 16.6 Å². The molecule has 12 heteroatoms. The lowest BCUT2D eigenvalue weighted by Gasteiger charge is -2.16. The Morgan fingerprint density at radius 1 is 1.06 bits per heavy atom. The van der Waals surface area contributed by atoms with Crippen LogP contribution in [0.1, 0.15) is 48.9 Å². The Morgan fingerprint density at radius 2 is 1.53 bits per heavy atom. The van der Waals surface area contributed by atoms with Crippen molar-refractivity contribution in [2.24, 2.45) is 5.73 Å². The van der Waals surface area contributed by atoms with E-state index in [9.17, 15) is 26.4 Å². The summed E-state index contributed by atoms with van der Waals surface area (Å²) in [5, 5.41) is 10.9. The molecule has 1 aromatic rings. The molecule has 0 spiro atoms. The van der Waals surface area contributed by atoms with Gasteiger partial charge >= 0.3 is 18.2 Å². The highest BCUT2D eigenvalue weighted by Crippen LogP contribution is 2.38. The summed E-state index contributed by atoms with van der Waals surface area (Å²) in [5.41, 5.74) is 10.7. The van der Waals surface area contributed by atoms with Crippen LogP contribution in [0.15, 0.2) is 17.6 Å². The van der Waals surface area contributed by atoms with E-state index in [1.165, 1.54) is 17.2 Å². The summed E-state index contributed by atoms with van der Waals surface area (Å²) in [5.74, 6) is -2.76. The van der Waals surface area contributed by atoms with E-state index in [0.29, 0.717) is 0 Å². The lowest BCUT2D eigenvalue weighted by atomic mass is 9.99. The smallest absolute Gasteiger partial charge is 0.475 e. The minimum Gasteiger partial charge on any atom is -0.475 e. The Labute approximate surface area is 184 Å². The number of sulfonamides is 1. The Hall–Kier alpha value is -2.60. The second-order valence-corrected chi connectivity index (χ2v) is 9.83. The number of carbonyl (C=O) groups excluding carboxylic acids is 1. The third kappa shape index (κ3) is 7.23. The van der Waals surface area contributed by atoms with E-state index in [1.54, 1.807) is 13.8 Å². The molecule has 2 aliphatic rings. The topological polar surface area (TPSA) is 139 Å². The molecule has 0 heterocycles. The second kappa shape index (κ2) is 9.49. The molecular formula is C20H26F3N3O5S. The molecule has 5 N–H and O–H groups in total. The summed E-state index contributed by atoms with van der Waals surface area (Å²) in [4.78, 5) is 21.2. The zero-order valence-electron chi connectivity index (χ0n) is 17.7. The number of urea groups is 1. The SMILES string of the molecule is CC(C)(N)/C=C/S(=O)(=O)NC(=O)Nc1c2c(cc3c1CCC3)CCC2.O=C(O)C(F)(F)F. The molecule has 178 valence electrons. The molecule has 1 aromatic carbocycles. The van der Waals surface area contributed by atoms with E-state index in [-0.39, 0.29) is 0 Å². The van der Waals surface area contributed by atoms with Gasteiger partial charge in [-0.05, 0) is 74.6 Å². The first-order valence-corrected chi connectivity index (χ1v) is 11.4. The van der Waals surface area contributed by atoms with Crippen molar-refractivity contribution in [3.8, 4) is 0 Å². The molecule has 8 nitrogen and oxygen atoms in total. The zero-order chi connectivity index (χ0) is 24.3. The van der Waals surface area contributed by atoms with Gasteiger partial charge in [0.2, 0.25) is 0 Å². The molecule has 3 rings (SSSR count). The fourth-order valence-electron chi connectivity index (χ4n) is 3.53. The predicted octanol–water partition coefficient (Wildman–Crippen LogP) is 3.00. The van der Waals surface area contributed by atoms with Crippen LogP contribution in [0, 0.1) is 0 Å². The number of amides is 2. The molecule has 0 bridgehead atoms. The zero-order valence-corrected chi connectivity index (χ0v) is 18.5. The highest BCUT2D eigenvalue weighted by molar-refractivity contribution is 7.92. The van der Waals surface area contributed by atoms with Crippen LogP contribution < -0.4 is 15.8 Å². The average Bonchev–Trinajstić information content (AvgIpc) is 3.27. The van der Waals surface area contributed by atoms with Gasteiger partial charge in [0.15, 0.2) is 0 Å². The third-order valence-corrected chi connectivity index (χ3v) is 5.83. The first kappa shape index (κ1) is 25.7. The number of carboxylic acid groups (broad SMARTS) is 1. The predicted molar refractivity (Wildman–Crippen MR) is 113 cm³/mol. The first-order valence-electron chi connectivity index (χ1n) is 9.87. The molecule has 0 aliphatic heterocycles. The van der Waals surface area contributed by atoms with Gasteiger partial charge in [-0.3, -0.25) is 0 Å². The monoisotopic (exact) mass is 477 g/mol. The second-order valence-electron chi connectivity index (χ2n) is 8.26. The number of nitrogens with two attached hydrogens (primary N) is 1. The maximum absolute atomic E-state index is 12.3. The number of carboxylic acids is 1. The lowest BCUT2D eigenvalue weighted by molar-refractivity contribution is -0.192. The van der Waals surface area contributed by atoms with E-state index in [4.69, 9.17) is 15.6 Å². The van der Waals surface area contributed by atoms with Crippen molar-refractivity contribution in [2.75, 3.05) is 5.32 Å². The van der Waals surface area contributed by atoms with Crippen molar-refractivity contribution in [1.82, 2.24) is 4.72 Å². The molecule has 0 saturated heterocycles. The van der Waals surface area contributed by atoms with Crippen LogP contribution in [0.25, 0.3) is 0 Å². The normalized spacial score (nSPS) is 15.6. The van der Waals surface area contributed by atoms with Crippen molar-refractivity contribution in [3.05, 3.63) is 39.8 Å². The number of anilines is 1. The largest absolute Gasteiger partial charge is 0.490 e. The number of hydrogen-bond donors (Lipinski definition) is 4. The third-order valence-electron chi connectivity index (χ3n) is 4.87. The van der Waals surface area contributed by atoms with Gasteiger partial charge in [-0.2, -0.15) is 13.2 Å². The Kier molecular flexibility index (Phi) is 7.61. The minimum atomic E-state index is -5.08. The maximum atomic E-state index is 12.3. The molecule has 0 aromatic heterocycles. The van der Waals surface area contributed by atoms with Crippen LogP contribution in [0.4, 0.5) is 23.7 Å². The van der Waals surface area contributed by atoms with Crippen LogP contribution in [0.3, 0.4) is 0 Å². The lowest BCUT2D eigenvalue weighted by Crippen LogP contribution is -2.35. The summed E-state index contributed by atoms with van der Waals surface area (Å²) >= 11 is 0. The quantitative estimate of drug-likeness (QED) is 0.526. The van der Waals surface area contributed by atoms with Gasteiger partial charge in [-0.15, -0.1) is 0 Å². The van der Waals surface area contributed by atoms with E-state index in [0.717, 1.165) is 60.7 Å². The fraction of sp³-hybridized carbons (Fsp3) is 0.500. The number of benzene rings is 1. The number of hydrogen-bond acceptors (Lipinski definition) is 5.